The minimum atomic E-state index is -0.120. The molecule has 0 aliphatic heterocycles. The van der Waals surface area contributed by atoms with Crippen LogP contribution in [0.25, 0.3) is 0 Å². The van der Waals surface area contributed by atoms with E-state index in [0.29, 0.717) is 11.3 Å². The predicted octanol–water partition coefficient (Wildman–Crippen LogP) is 3.97. The Kier molecular flexibility index (Phi) is 4.46. The summed E-state index contributed by atoms with van der Waals surface area (Å²) < 4.78 is 13.5. The average Bonchev–Trinajstić information content (AvgIpc) is 3.09. The van der Waals surface area contributed by atoms with E-state index in [9.17, 15) is 4.39 Å². The number of thioether (sulfide) groups is 1. The number of hydrogen-bond donors (Lipinski definition) is 1. The van der Waals surface area contributed by atoms with Gasteiger partial charge < -0.3 is 5.32 Å². The molecular formula is C14H20FNS. The summed E-state index contributed by atoms with van der Waals surface area (Å²) in [6.07, 6.45) is 3.64. The highest BCUT2D eigenvalue weighted by atomic mass is 32.2. The maximum absolute atomic E-state index is 13.5. The van der Waals surface area contributed by atoms with Crippen LogP contribution in [0.4, 0.5) is 4.39 Å². The Morgan fingerprint density at radius 1 is 1.41 bits per heavy atom. The van der Waals surface area contributed by atoms with E-state index in [2.05, 4.69) is 25.2 Å². The zero-order valence-corrected chi connectivity index (χ0v) is 11.3. The highest BCUT2D eigenvalue weighted by Gasteiger charge is 2.20. The van der Waals surface area contributed by atoms with Gasteiger partial charge in [0.25, 0.3) is 0 Å². The van der Waals surface area contributed by atoms with Gasteiger partial charge in [-0.3, -0.25) is 0 Å². The van der Waals surface area contributed by atoms with Crippen LogP contribution in [0.2, 0.25) is 0 Å². The van der Waals surface area contributed by atoms with Gasteiger partial charge in [-0.05, 0) is 43.0 Å². The first-order valence-corrected chi connectivity index (χ1v) is 7.25. The van der Waals surface area contributed by atoms with Crippen molar-refractivity contribution in [2.75, 3.05) is 0 Å². The largest absolute Gasteiger partial charge is 0.310 e. The van der Waals surface area contributed by atoms with Gasteiger partial charge in [-0.1, -0.05) is 13.8 Å². The minimum Gasteiger partial charge on any atom is -0.310 e. The fraction of sp³-hybridized carbons (Fsp3) is 0.571. The topological polar surface area (TPSA) is 12.0 Å². The molecule has 2 rings (SSSR count). The first-order valence-electron chi connectivity index (χ1n) is 6.37. The van der Waals surface area contributed by atoms with Crippen molar-refractivity contribution in [3.63, 3.8) is 0 Å². The molecule has 1 aliphatic rings. The van der Waals surface area contributed by atoms with Crippen LogP contribution in [0.15, 0.2) is 23.1 Å². The first kappa shape index (κ1) is 12.9. The van der Waals surface area contributed by atoms with E-state index in [-0.39, 0.29) is 5.82 Å². The predicted molar refractivity (Wildman–Crippen MR) is 71.9 cm³/mol. The summed E-state index contributed by atoms with van der Waals surface area (Å²) >= 11 is 1.75. The Hall–Kier alpha value is -0.540. The summed E-state index contributed by atoms with van der Waals surface area (Å²) in [7, 11) is 0. The molecule has 1 N–H and O–H groups in total. The molecule has 0 radical (unpaired) electrons. The Bertz CT molecular complexity index is 376. The third kappa shape index (κ3) is 4.32. The number of benzene rings is 1. The molecule has 17 heavy (non-hydrogen) atoms. The van der Waals surface area contributed by atoms with Gasteiger partial charge in [0.2, 0.25) is 0 Å². The van der Waals surface area contributed by atoms with Crippen LogP contribution in [0, 0.1) is 5.82 Å². The van der Waals surface area contributed by atoms with Crippen molar-refractivity contribution in [1.82, 2.24) is 5.32 Å². The minimum absolute atomic E-state index is 0.120. The SMILES string of the molecule is CCC(C)Sc1cc(F)cc(CNC2CC2)c1. The third-order valence-corrected chi connectivity index (χ3v) is 4.26. The zero-order chi connectivity index (χ0) is 12.3. The summed E-state index contributed by atoms with van der Waals surface area (Å²) in [5.74, 6) is -0.120. The van der Waals surface area contributed by atoms with E-state index in [1.807, 2.05) is 0 Å². The quantitative estimate of drug-likeness (QED) is 0.770. The normalized spacial score (nSPS) is 17.1. The monoisotopic (exact) mass is 253 g/mol. The van der Waals surface area contributed by atoms with Crippen molar-refractivity contribution in [2.45, 2.75) is 55.8 Å². The molecule has 0 amide bonds. The highest BCUT2D eigenvalue weighted by molar-refractivity contribution is 7.99. The molecule has 0 heterocycles. The molecule has 1 atom stereocenters. The molecule has 0 aromatic heterocycles. The lowest BCUT2D eigenvalue weighted by Crippen LogP contribution is -2.15. The number of rotatable bonds is 6. The van der Waals surface area contributed by atoms with Gasteiger partial charge in [0.15, 0.2) is 0 Å². The standard InChI is InChI=1S/C14H20FNS/c1-3-10(2)17-14-7-11(6-12(15)8-14)9-16-13-4-5-13/h6-8,10,13,16H,3-5,9H2,1-2H3. The molecule has 1 nitrogen and oxygen atoms in total. The average molecular weight is 253 g/mol. The molecule has 1 saturated carbocycles. The maximum atomic E-state index is 13.5. The summed E-state index contributed by atoms with van der Waals surface area (Å²) in [6, 6.07) is 6.05. The van der Waals surface area contributed by atoms with Gasteiger partial charge in [-0.15, -0.1) is 11.8 Å². The van der Waals surface area contributed by atoms with E-state index in [4.69, 9.17) is 0 Å². The molecule has 0 saturated heterocycles. The lowest BCUT2D eigenvalue weighted by molar-refractivity contribution is 0.615. The summed E-state index contributed by atoms with van der Waals surface area (Å²) in [4.78, 5) is 1.05. The fourth-order valence-electron chi connectivity index (χ4n) is 1.66. The third-order valence-electron chi connectivity index (χ3n) is 3.02. The second-order valence-electron chi connectivity index (χ2n) is 4.79. The van der Waals surface area contributed by atoms with Crippen LogP contribution < -0.4 is 5.32 Å². The van der Waals surface area contributed by atoms with Gasteiger partial charge in [-0.2, -0.15) is 0 Å². The second-order valence-corrected chi connectivity index (χ2v) is 6.30. The van der Waals surface area contributed by atoms with Crippen LogP contribution in [0.1, 0.15) is 38.7 Å². The molecule has 1 aliphatic carbocycles. The van der Waals surface area contributed by atoms with Crippen LogP contribution in [0.3, 0.4) is 0 Å². The van der Waals surface area contributed by atoms with E-state index < -0.39 is 0 Å². The molecule has 94 valence electrons. The molecule has 1 fully saturated rings. The molecule has 1 aromatic carbocycles. The number of halogens is 1. The van der Waals surface area contributed by atoms with Crippen LogP contribution in [-0.4, -0.2) is 11.3 Å². The van der Waals surface area contributed by atoms with E-state index in [1.165, 1.54) is 12.8 Å². The molecule has 3 heteroatoms. The van der Waals surface area contributed by atoms with E-state index >= 15 is 0 Å². The molecule has 0 bridgehead atoms. The maximum Gasteiger partial charge on any atom is 0.124 e. The van der Waals surface area contributed by atoms with Gasteiger partial charge in [0.05, 0.1) is 0 Å². The Labute approximate surface area is 107 Å². The lowest BCUT2D eigenvalue weighted by Gasteiger charge is -2.10. The van der Waals surface area contributed by atoms with Gasteiger partial charge in [0, 0.05) is 22.7 Å². The van der Waals surface area contributed by atoms with Crippen molar-refractivity contribution in [2.24, 2.45) is 0 Å². The number of hydrogen-bond acceptors (Lipinski definition) is 2. The summed E-state index contributed by atoms with van der Waals surface area (Å²) in [5.41, 5.74) is 1.06. The van der Waals surface area contributed by atoms with Crippen molar-refractivity contribution < 1.29 is 4.39 Å². The van der Waals surface area contributed by atoms with E-state index in [1.54, 1.807) is 23.9 Å². The van der Waals surface area contributed by atoms with Gasteiger partial charge in [0.1, 0.15) is 5.82 Å². The fourth-order valence-corrected chi connectivity index (χ4v) is 2.69. The van der Waals surface area contributed by atoms with E-state index in [0.717, 1.165) is 23.4 Å². The molecule has 1 aromatic rings. The Morgan fingerprint density at radius 2 is 2.18 bits per heavy atom. The summed E-state index contributed by atoms with van der Waals surface area (Å²) in [5, 5.41) is 3.96. The Morgan fingerprint density at radius 3 is 2.82 bits per heavy atom. The molecule has 0 spiro atoms. The van der Waals surface area contributed by atoms with Crippen molar-refractivity contribution in [1.29, 1.82) is 0 Å². The smallest absolute Gasteiger partial charge is 0.124 e. The highest BCUT2D eigenvalue weighted by Crippen LogP contribution is 2.27. The first-order chi connectivity index (χ1) is 8.17. The zero-order valence-electron chi connectivity index (χ0n) is 10.5. The van der Waals surface area contributed by atoms with Crippen molar-refractivity contribution in [3.8, 4) is 0 Å². The van der Waals surface area contributed by atoms with Gasteiger partial charge >= 0.3 is 0 Å². The lowest BCUT2D eigenvalue weighted by atomic mass is 10.2. The van der Waals surface area contributed by atoms with Crippen LogP contribution in [-0.2, 0) is 6.54 Å². The Balaban J connectivity index is 1.99. The number of nitrogens with one attached hydrogen (secondary N) is 1. The second kappa shape index (κ2) is 5.87. The van der Waals surface area contributed by atoms with Crippen molar-refractivity contribution in [3.05, 3.63) is 29.6 Å². The molecular weight excluding hydrogens is 233 g/mol. The van der Waals surface area contributed by atoms with Crippen molar-refractivity contribution >= 4 is 11.8 Å². The van der Waals surface area contributed by atoms with Crippen LogP contribution in [0.5, 0.6) is 0 Å². The summed E-state index contributed by atoms with van der Waals surface area (Å²) in [6.45, 7) is 5.13. The van der Waals surface area contributed by atoms with Gasteiger partial charge in [-0.25, -0.2) is 4.39 Å². The van der Waals surface area contributed by atoms with Crippen LogP contribution >= 0.6 is 11.8 Å². The molecule has 1 unspecified atom stereocenters.